The molecule has 0 aromatic heterocycles. The van der Waals surface area contributed by atoms with Gasteiger partial charge in [-0.25, -0.2) is 0 Å². The van der Waals surface area contributed by atoms with E-state index in [1.807, 2.05) is 6.92 Å². The first kappa shape index (κ1) is 13.4. The minimum absolute atomic E-state index is 0.0423. The Bertz CT molecular complexity index is 415. The normalized spacial score (nSPS) is 12.1. The molecule has 4 heteroatoms. The van der Waals surface area contributed by atoms with Crippen molar-refractivity contribution in [2.24, 2.45) is 5.73 Å². The van der Waals surface area contributed by atoms with Crippen LogP contribution in [0.25, 0.3) is 0 Å². The largest absolute Gasteiger partial charge is 0.480 e. The zero-order valence-corrected chi connectivity index (χ0v) is 9.85. The second-order valence-corrected chi connectivity index (χ2v) is 3.98. The molecular formula is C13H17NO3. The number of benzene rings is 1. The molecular weight excluding hydrogens is 218 g/mol. The summed E-state index contributed by atoms with van der Waals surface area (Å²) in [4.78, 5) is 22.5. The fraction of sp³-hybridized carbons (Fsp3) is 0.385. The average Bonchev–Trinajstić information content (AvgIpc) is 2.29. The van der Waals surface area contributed by atoms with Gasteiger partial charge in [-0.1, -0.05) is 31.2 Å². The number of Topliss-reactive ketones (excluding diaryl/α,β-unsaturated/α-hetero) is 1. The van der Waals surface area contributed by atoms with Gasteiger partial charge >= 0.3 is 5.97 Å². The van der Waals surface area contributed by atoms with Crippen molar-refractivity contribution < 1.29 is 14.7 Å². The predicted molar refractivity (Wildman–Crippen MR) is 65.0 cm³/mol. The first-order valence-electron chi connectivity index (χ1n) is 5.65. The van der Waals surface area contributed by atoms with Gasteiger partial charge in [-0.3, -0.25) is 9.59 Å². The van der Waals surface area contributed by atoms with Gasteiger partial charge in [-0.2, -0.15) is 0 Å². The summed E-state index contributed by atoms with van der Waals surface area (Å²) >= 11 is 0. The van der Waals surface area contributed by atoms with Crippen molar-refractivity contribution in [1.82, 2.24) is 0 Å². The Labute approximate surface area is 100 Å². The molecule has 0 heterocycles. The zero-order valence-electron chi connectivity index (χ0n) is 9.85. The zero-order chi connectivity index (χ0) is 12.8. The Morgan fingerprint density at radius 2 is 2.00 bits per heavy atom. The molecule has 0 aliphatic carbocycles. The fourth-order valence-corrected chi connectivity index (χ4v) is 1.66. The molecule has 0 fully saturated rings. The van der Waals surface area contributed by atoms with Gasteiger partial charge in [0.25, 0.3) is 0 Å². The van der Waals surface area contributed by atoms with Crippen LogP contribution in [0.4, 0.5) is 0 Å². The highest BCUT2D eigenvalue weighted by molar-refractivity contribution is 5.97. The second kappa shape index (κ2) is 6.15. The van der Waals surface area contributed by atoms with Crippen LogP contribution in [0.1, 0.15) is 35.7 Å². The van der Waals surface area contributed by atoms with Gasteiger partial charge < -0.3 is 10.8 Å². The number of aliphatic carboxylic acids is 1. The molecule has 1 atom stereocenters. The second-order valence-electron chi connectivity index (χ2n) is 3.98. The first-order chi connectivity index (χ1) is 8.06. The van der Waals surface area contributed by atoms with E-state index in [0.717, 1.165) is 6.42 Å². The summed E-state index contributed by atoms with van der Waals surface area (Å²) in [6.07, 6.45) is 1.43. The van der Waals surface area contributed by atoms with Crippen LogP contribution < -0.4 is 5.73 Å². The Morgan fingerprint density at radius 3 is 2.59 bits per heavy atom. The van der Waals surface area contributed by atoms with Crippen molar-refractivity contribution in [1.29, 1.82) is 0 Å². The molecule has 1 unspecified atom stereocenters. The van der Waals surface area contributed by atoms with Crippen LogP contribution in [0.5, 0.6) is 0 Å². The van der Waals surface area contributed by atoms with E-state index in [1.54, 1.807) is 24.3 Å². The van der Waals surface area contributed by atoms with E-state index in [1.165, 1.54) is 0 Å². The number of hydrogen-bond acceptors (Lipinski definition) is 3. The summed E-state index contributed by atoms with van der Waals surface area (Å²) in [6, 6.07) is 6.07. The van der Waals surface area contributed by atoms with E-state index in [4.69, 9.17) is 10.8 Å². The van der Waals surface area contributed by atoms with Gasteiger partial charge in [0.15, 0.2) is 5.78 Å². The maximum atomic E-state index is 11.8. The highest BCUT2D eigenvalue weighted by Crippen LogP contribution is 2.14. The number of carbonyl (C=O) groups is 2. The van der Waals surface area contributed by atoms with Gasteiger partial charge in [0.05, 0.1) is 0 Å². The van der Waals surface area contributed by atoms with E-state index >= 15 is 0 Å². The Hall–Kier alpha value is -1.68. The smallest absolute Gasteiger partial charge is 0.320 e. The highest BCUT2D eigenvalue weighted by Gasteiger charge is 2.16. The molecule has 0 aliphatic heterocycles. The van der Waals surface area contributed by atoms with E-state index in [-0.39, 0.29) is 12.2 Å². The number of hydrogen-bond donors (Lipinski definition) is 2. The van der Waals surface area contributed by atoms with Gasteiger partial charge in [-0.15, -0.1) is 0 Å². The molecule has 0 aliphatic rings. The van der Waals surface area contributed by atoms with Gasteiger partial charge in [0.1, 0.15) is 6.04 Å². The van der Waals surface area contributed by atoms with Crippen LogP contribution >= 0.6 is 0 Å². The molecule has 1 rings (SSSR count). The molecule has 0 radical (unpaired) electrons. The number of nitrogens with two attached hydrogens (primary N) is 1. The lowest BCUT2D eigenvalue weighted by molar-refractivity contribution is -0.138. The number of carboxylic acid groups (broad SMARTS) is 1. The quantitative estimate of drug-likeness (QED) is 0.734. The summed E-state index contributed by atoms with van der Waals surface area (Å²) in [5.41, 5.74) is 6.78. The molecule has 3 N–H and O–H groups in total. The third kappa shape index (κ3) is 3.67. The summed E-state index contributed by atoms with van der Waals surface area (Å²) in [5.74, 6) is -1.01. The third-order valence-electron chi connectivity index (χ3n) is 2.55. The average molecular weight is 235 g/mol. The highest BCUT2D eigenvalue weighted by atomic mass is 16.4. The van der Waals surface area contributed by atoms with Crippen molar-refractivity contribution in [3.63, 3.8) is 0 Å². The van der Waals surface area contributed by atoms with Crippen molar-refractivity contribution in [2.45, 2.75) is 32.2 Å². The summed E-state index contributed by atoms with van der Waals surface area (Å²) in [7, 11) is 0. The molecule has 0 spiro atoms. The van der Waals surface area contributed by atoms with E-state index in [9.17, 15) is 9.59 Å². The lowest BCUT2D eigenvalue weighted by Crippen LogP contribution is -2.32. The predicted octanol–water partition coefficient (Wildman–Crippen LogP) is 1.62. The monoisotopic (exact) mass is 235 g/mol. The van der Waals surface area contributed by atoms with Crippen LogP contribution in [0.15, 0.2) is 24.3 Å². The molecule has 17 heavy (non-hydrogen) atoms. The maximum absolute atomic E-state index is 11.8. The van der Waals surface area contributed by atoms with Crippen LogP contribution in [0.2, 0.25) is 0 Å². The minimum atomic E-state index is -1.05. The van der Waals surface area contributed by atoms with Crippen molar-refractivity contribution >= 4 is 11.8 Å². The number of carboxylic acids is 1. The molecule has 0 amide bonds. The van der Waals surface area contributed by atoms with Crippen molar-refractivity contribution in [3.05, 3.63) is 35.4 Å². The lowest BCUT2D eigenvalue weighted by atomic mass is 9.96. The van der Waals surface area contributed by atoms with Crippen LogP contribution in [-0.4, -0.2) is 22.9 Å². The minimum Gasteiger partial charge on any atom is -0.480 e. The van der Waals surface area contributed by atoms with E-state index in [2.05, 4.69) is 0 Å². The summed E-state index contributed by atoms with van der Waals surface area (Å²) in [5, 5.41) is 8.77. The molecule has 1 aromatic rings. The number of rotatable bonds is 6. The topological polar surface area (TPSA) is 80.4 Å². The summed E-state index contributed by atoms with van der Waals surface area (Å²) < 4.78 is 0. The van der Waals surface area contributed by atoms with Gasteiger partial charge in [0.2, 0.25) is 0 Å². The van der Waals surface area contributed by atoms with Gasteiger partial charge in [-0.05, 0) is 18.4 Å². The molecule has 4 nitrogen and oxygen atoms in total. The van der Waals surface area contributed by atoms with E-state index in [0.29, 0.717) is 17.5 Å². The Balaban J connectivity index is 2.91. The van der Waals surface area contributed by atoms with E-state index < -0.39 is 12.0 Å². The molecule has 0 saturated carbocycles. The Morgan fingerprint density at radius 1 is 1.35 bits per heavy atom. The van der Waals surface area contributed by atoms with Crippen molar-refractivity contribution in [2.75, 3.05) is 0 Å². The Kier molecular flexibility index (Phi) is 4.84. The maximum Gasteiger partial charge on any atom is 0.320 e. The SMILES string of the molecule is CCCC(=O)c1ccccc1CC(N)C(=O)O. The van der Waals surface area contributed by atoms with Crippen LogP contribution in [-0.2, 0) is 11.2 Å². The third-order valence-corrected chi connectivity index (χ3v) is 2.55. The van der Waals surface area contributed by atoms with Crippen molar-refractivity contribution in [3.8, 4) is 0 Å². The standard InChI is InChI=1S/C13H17NO3/c1-2-5-12(15)10-7-4-3-6-9(10)8-11(14)13(16)17/h3-4,6-7,11H,2,5,8,14H2,1H3,(H,16,17). The molecule has 1 aromatic carbocycles. The lowest BCUT2D eigenvalue weighted by Gasteiger charge is -2.10. The molecule has 0 saturated heterocycles. The fourth-order valence-electron chi connectivity index (χ4n) is 1.66. The number of carbonyl (C=O) groups excluding carboxylic acids is 1. The number of ketones is 1. The summed E-state index contributed by atoms with van der Waals surface area (Å²) in [6.45, 7) is 1.93. The van der Waals surface area contributed by atoms with Crippen LogP contribution in [0.3, 0.4) is 0 Å². The molecule has 92 valence electrons. The molecule has 0 bridgehead atoms. The first-order valence-corrected chi connectivity index (χ1v) is 5.65. The van der Waals surface area contributed by atoms with Gasteiger partial charge in [0, 0.05) is 12.0 Å². The van der Waals surface area contributed by atoms with Crippen LogP contribution in [0, 0.1) is 0 Å².